The van der Waals surface area contributed by atoms with Gasteiger partial charge in [0, 0.05) is 36.6 Å². The van der Waals surface area contributed by atoms with Crippen molar-refractivity contribution < 1.29 is 4.39 Å². The van der Waals surface area contributed by atoms with Gasteiger partial charge in [-0.05, 0) is 33.4 Å². The van der Waals surface area contributed by atoms with Gasteiger partial charge in [0.15, 0.2) is 0 Å². The normalized spacial score (nSPS) is 17.2. The highest BCUT2D eigenvalue weighted by molar-refractivity contribution is 9.10. The van der Waals surface area contributed by atoms with Gasteiger partial charge in [0.1, 0.15) is 5.82 Å². The maximum atomic E-state index is 14.5. The summed E-state index contributed by atoms with van der Waals surface area (Å²) in [6, 6.07) is 9.69. The Bertz CT molecular complexity index is 573. The Morgan fingerprint density at radius 3 is 2.62 bits per heavy atom. The highest BCUT2D eigenvalue weighted by Crippen LogP contribution is 2.35. The van der Waals surface area contributed by atoms with Crippen molar-refractivity contribution in [3.8, 4) is 0 Å². The third-order valence-electron chi connectivity index (χ3n) is 3.61. The average Bonchev–Trinajstić information content (AvgIpc) is 2.99. The summed E-state index contributed by atoms with van der Waals surface area (Å²) < 4.78 is 15.0. The van der Waals surface area contributed by atoms with E-state index in [1.165, 1.54) is 4.88 Å². The predicted molar refractivity (Wildman–Crippen MR) is 92.0 cm³/mol. The molecule has 0 amide bonds. The summed E-state index contributed by atoms with van der Waals surface area (Å²) in [5.74, 6) is -0.149. The van der Waals surface area contributed by atoms with Gasteiger partial charge in [-0.3, -0.25) is 4.90 Å². The van der Waals surface area contributed by atoms with E-state index in [0.717, 1.165) is 31.7 Å². The van der Waals surface area contributed by atoms with E-state index in [1.807, 2.05) is 18.2 Å². The van der Waals surface area contributed by atoms with E-state index in [0.29, 0.717) is 4.47 Å². The zero-order valence-corrected chi connectivity index (χ0v) is 14.6. The zero-order chi connectivity index (χ0) is 13.9. The van der Waals surface area contributed by atoms with E-state index in [-0.39, 0.29) is 24.3 Å². The first-order valence-electron chi connectivity index (χ1n) is 6.69. The first-order valence-corrected chi connectivity index (χ1v) is 8.36. The summed E-state index contributed by atoms with van der Waals surface area (Å²) in [6.07, 6.45) is 0. The van der Waals surface area contributed by atoms with Crippen LogP contribution in [0.4, 0.5) is 4.39 Å². The standard InChI is InChI=1S/C15H16BrFN2S.ClH/c16-12-4-1-3-11(14(12)17)15(13-5-2-10-20-13)19-8-6-18-7-9-19;/h1-5,10,15,18H,6-9H2;1H/t15-;/m0./s1. The second kappa shape index (κ2) is 7.70. The van der Waals surface area contributed by atoms with Crippen molar-refractivity contribution in [1.82, 2.24) is 10.2 Å². The summed E-state index contributed by atoms with van der Waals surface area (Å²) in [5.41, 5.74) is 0.753. The second-order valence-corrected chi connectivity index (χ2v) is 6.68. The fourth-order valence-electron chi connectivity index (χ4n) is 2.65. The smallest absolute Gasteiger partial charge is 0.142 e. The lowest BCUT2D eigenvalue weighted by atomic mass is 10.0. The van der Waals surface area contributed by atoms with Crippen molar-refractivity contribution in [3.63, 3.8) is 0 Å². The molecule has 3 rings (SSSR count). The van der Waals surface area contributed by atoms with Gasteiger partial charge in [-0.25, -0.2) is 4.39 Å². The highest BCUT2D eigenvalue weighted by atomic mass is 79.9. The van der Waals surface area contributed by atoms with Crippen LogP contribution in [0, 0.1) is 5.82 Å². The van der Waals surface area contributed by atoms with Crippen molar-refractivity contribution in [1.29, 1.82) is 0 Å². The second-order valence-electron chi connectivity index (χ2n) is 4.85. The third kappa shape index (κ3) is 3.66. The van der Waals surface area contributed by atoms with Gasteiger partial charge in [0.05, 0.1) is 10.5 Å². The molecule has 1 fully saturated rings. The molecule has 1 saturated heterocycles. The molecule has 21 heavy (non-hydrogen) atoms. The Labute approximate surface area is 142 Å². The largest absolute Gasteiger partial charge is 0.314 e. The molecular formula is C15H17BrClFN2S. The average molecular weight is 392 g/mol. The van der Waals surface area contributed by atoms with E-state index in [1.54, 1.807) is 17.4 Å². The lowest BCUT2D eigenvalue weighted by molar-refractivity contribution is 0.197. The van der Waals surface area contributed by atoms with E-state index in [2.05, 4.69) is 37.6 Å². The van der Waals surface area contributed by atoms with Crippen LogP contribution in [0.1, 0.15) is 16.5 Å². The van der Waals surface area contributed by atoms with Gasteiger partial charge in [-0.1, -0.05) is 18.2 Å². The molecule has 1 atom stereocenters. The molecule has 0 bridgehead atoms. The number of piperazine rings is 1. The SMILES string of the molecule is Cl.Fc1c(Br)cccc1[C@@H](c1cccs1)N1CCNCC1. The summed E-state index contributed by atoms with van der Waals surface area (Å²) >= 11 is 4.99. The number of rotatable bonds is 3. The Balaban J connectivity index is 0.00000161. The van der Waals surface area contributed by atoms with Crippen LogP contribution in [0.3, 0.4) is 0 Å². The molecular weight excluding hydrogens is 375 g/mol. The minimum absolute atomic E-state index is 0. The number of nitrogens with zero attached hydrogens (tertiary/aromatic N) is 1. The fourth-order valence-corrected chi connectivity index (χ4v) is 3.91. The molecule has 6 heteroatoms. The first-order chi connectivity index (χ1) is 9.77. The summed E-state index contributed by atoms with van der Waals surface area (Å²) in [6.45, 7) is 3.79. The molecule has 114 valence electrons. The molecule has 0 spiro atoms. The molecule has 2 heterocycles. The Morgan fingerprint density at radius 1 is 1.19 bits per heavy atom. The summed E-state index contributed by atoms with van der Waals surface area (Å²) in [5, 5.41) is 5.41. The summed E-state index contributed by atoms with van der Waals surface area (Å²) in [7, 11) is 0. The minimum atomic E-state index is -0.149. The molecule has 1 aliphatic rings. The molecule has 1 N–H and O–H groups in total. The number of thiophene rings is 1. The first kappa shape index (κ1) is 16.9. The van der Waals surface area contributed by atoms with Gasteiger partial charge in [0.25, 0.3) is 0 Å². The molecule has 0 aliphatic carbocycles. The van der Waals surface area contributed by atoms with Crippen LogP contribution < -0.4 is 5.32 Å². The molecule has 1 aromatic carbocycles. The van der Waals surface area contributed by atoms with E-state index in [9.17, 15) is 4.39 Å². The van der Waals surface area contributed by atoms with Crippen LogP contribution in [-0.4, -0.2) is 31.1 Å². The topological polar surface area (TPSA) is 15.3 Å². The number of hydrogen-bond donors (Lipinski definition) is 1. The van der Waals surface area contributed by atoms with Crippen LogP contribution in [0.5, 0.6) is 0 Å². The fraction of sp³-hybridized carbons (Fsp3) is 0.333. The number of hydrogen-bond acceptors (Lipinski definition) is 3. The lowest BCUT2D eigenvalue weighted by Gasteiger charge is -2.35. The van der Waals surface area contributed by atoms with Crippen LogP contribution in [-0.2, 0) is 0 Å². The van der Waals surface area contributed by atoms with Gasteiger partial charge < -0.3 is 5.32 Å². The lowest BCUT2D eigenvalue weighted by Crippen LogP contribution is -2.45. The maximum absolute atomic E-state index is 14.5. The molecule has 2 aromatic rings. The van der Waals surface area contributed by atoms with Gasteiger partial charge in [-0.2, -0.15) is 0 Å². The Kier molecular flexibility index (Phi) is 6.20. The van der Waals surface area contributed by atoms with E-state index in [4.69, 9.17) is 0 Å². The minimum Gasteiger partial charge on any atom is -0.314 e. The predicted octanol–water partition coefficient (Wildman–Crippen LogP) is 4.07. The molecule has 2 nitrogen and oxygen atoms in total. The number of halogens is 3. The molecule has 0 radical (unpaired) electrons. The van der Waals surface area contributed by atoms with Crippen molar-refractivity contribution in [2.45, 2.75) is 6.04 Å². The molecule has 1 aromatic heterocycles. The van der Waals surface area contributed by atoms with Crippen molar-refractivity contribution >= 4 is 39.7 Å². The van der Waals surface area contributed by atoms with Gasteiger partial charge >= 0.3 is 0 Å². The number of benzene rings is 1. The number of nitrogens with one attached hydrogen (secondary N) is 1. The van der Waals surface area contributed by atoms with Crippen molar-refractivity contribution in [2.24, 2.45) is 0 Å². The van der Waals surface area contributed by atoms with Gasteiger partial charge in [0.2, 0.25) is 0 Å². The molecule has 1 aliphatic heterocycles. The maximum Gasteiger partial charge on any atom is 0.142 e. The van der Waals surface area contributed by atoms with E-state index >= 15 is 0 Å². The van der Waals surface area contributed by atoms with Crippen molar-refractivity contribution in [2.75, 3.05) is 26.2 Å². The quantitative estimate of drug-likeness (QED) is 0.848. The highest BCUT2D eigenvalue weighted by Gasteiger charge is 2.27. The Hall–Kier alpha value is -0.460. The molecule has 0 saturated carbocycles. The molecule has 0 unspecified atom stereocenters. The zero-order valence-electron chi connectivity index (χ0n) is 11.4. The van der Waals surface area contributed by atoms with Crippen LogP contribution in [0.15, 0.2) is 40.2 Å². The van der Waals surface area contributed by atoms with Crippen LogP contribution in [0.25, 0.3) is 0 Å². The summed E-state index contributed by atoms with van der Waals surface area (Å²) in [4.78, 5) is 3.55. The van der Waals surface area contributed by atoms with Crippen LogP contribution >= 0.6 is 39.7 Å². The van der Waals surface area contributed by atoms with Gasteiger partial charge in [-0.15, -0.1) is 23.7 Å². The third-order valence-corrected chi connectivity index (χ3v) is 5.14. The Morgan fingerprint density at radius 2 is 1.95 bits per heavy atom. The van der Waals surface area contributed by atoms with Crippen molar-refractivity contribution in [3.05, 3.63) is 56.4 Å². The van der Waals surface area contributed by atoms with Crippen LogP contribution in [0.2, 0.25) is 0 Å². The monoisotopic (exact) mass is 390 g/mol. The van der Waals surface area contributed by atoms with E-state index < -0.39 is 0 Å².